The van der Waals surface area contributed by atoms with E-state index in [9.17, 15) is 18.0 Å². The number of thioether (sulfide) groups is 1. The van der Waals surface area contributed by atoms with Gasteiger partial charge < -0.3 is 10.2 Å². The van der Waals surface area contributed by atoms with Crippen molar-refractivity contribution in [3.8, 4) is 0 Å². The molecule has 0 bridgehead atoms. The van der Waals surface area contributed by atoms with Crippen molar-refractivity contribution in [2.45, 2.75) is 37.9 Å². The van der Waals surface area contributed by atoms with E-state index in [2.05, 4.69) is 5.32 Å². The Balaban J connectivity index is 1.81. The van der Waals surface area contributed by atoms with Crippen molar-refractivity contribution in [1.29, 1.82) is 0 Å². The minimum Gasteiger partial charge on any atom is -0.342 e. The van der Waals surface area contributed by atoms with E-state index in [1.807, 2.05) is 0 Å². The molecule has 1 atom stereocenters. The second-order valence-corrected chi connectivity index (χ2v) is 6.73. The maximum absolute atomic E-state index is 12.3. The summed E-state index contributed by atoms with van der Waals surface area (Å²) in [6.45, 7) is 1.17. The van der Waals surface area contributed by atoms with Crippen LogP contribution in [0.5, 0.6) is 0 Å². The van der Waals surface area contributed by atoms with Crippen LogP contribution in [-0.4, -0.2) is 54.2 Å². The highest BCUT2D eigenvalue weighted by atomic mass is 32.2. The Morgan fingerprint density at radius 2 is 2.10 bits per heavy atom. The molecular formula is C13H21F3N2OS. The highest BCUT2D eigenvalue weighted by Gasteiger charge is 2.32. The summed E-state index contributed by atoms with van der Waals surface area (Å²) in [6.07, 6.45) is -2.71. The smallest absolute Gasteiger partial charge is 0.342 e. The van der Waals surface area contributed by atoms with E-state index >= 15 is 0 Å². The van der Waals surface area contributed by atoms with Gasteiger partial charge in [-0.25, -0.2) is 0 Å². The topological polar surface area (TPSA) is 32.3 Å². The van der Waals surface area contributed by atoms with Crippen LogP contribution >= 0.6 is 11.8 Å². The molecule has 1 amide bonds. The number of rotatable bonds is 6. The number of hydrogen-bond donors (Lipinski definition) is 1. The predicted molar refractivity (Wildman–Crippen MR) is 73.7 cm³/mol. The molecule has 7 heteroatoms. The van der Waals surface area contributed by atoms with Gasteiger partial charge in [0.25, 0.3) is 0 Å². The molecule has 0 aromatic heterocycles. The Kier molecular flexibility index (Phi) is 5.60. The molecule has 2 fully saturated rings. The lowest BCUT2D eigenvalue weighted by Crippen LogP contribution is -2.43. The second-order valence-electron chi connectivity index (χ2n) is 5.58. The van der Waals surface area contributed by atoms with Crippen molar-refractivity contribution in [3.63, 3.8) is 0 Å². The minimum atomic E-state index is -4.19. The molecule has 1 unspecified atom stereocenters. The van der Waals surface area contributed by atoms with Crippen LogP contribution < -0.4 is 5.32 Å². The molecule has 20 heavy (non-hydrogen) atoms. The van der Waals surface area contributed by atoms with Gasteiger partial charge in [0.15, 0.2) is 0 Å². The van der Waals surface area contributed by atoms with E-state index in [1.54, 1.807) is 11.8 Å². The van der Waals surface area contributed by atoms with Crippen LogP contribution in [0.1, 0.15) is 25.7 Å². The average Bonchev–Trinajstić information content (AvgIpc) is 3.18. The van der Waals surface area contributed by atoms with Crippen LogP contribution in [0.4, 0.5) is 13.2 Å². The lowest BCUT2D eigenvalue weighted by molar-refractivity contribution is -0.145. The highest BCUT2D eigenvalue weighted by Crippen LogP contribution is 2.30. The molecular weight excluding hydrogens is 289 g/mol. The van der Waals surface area contributed by atoms with E-state index < -0.39 is 12.6 Å². The Hall–Kier alpha value is -0.430. The van der Waals surface area contributed by atoms with Gasteiger partial charge in [0, 0.05) is 43.6 Å². The minimum absolute atomic E-state index is 0.105. The van der Waals surface area contributed by atoms with Crippen molar-refractivity contribution in [2.24, 2.45) is 5.92 Å². The molecule has 1 aliphatic heterocycles. The van der Waals surface area contributed by atoms with Crippen LogP contribution in [0.3, 0.4) is 0 Å². The maximum Gasteiger partial charge on any atom is 0.390 e. The van der Waals surface area contributed by atoms with Gasteiger partial charge in [0.05, 0.1) is 6.42 Å². The molecule has 0 radical (unpaired) electrons. The molecule has 3 nitrogen and oxygen atoms in total. The summed E-state index contributed by atoms with van der Waals surface area (Å²) in [4.78, 5) is 13.6. The quantitative estimate of drug-likeness (QED) is 0.817. The lowest BCUT2D eigenvalue weighted by Gasteiger charge is -2.28. The SMILES string of the molecule is O=C(CC1CSCCN1)N(CCC(F)(F)F)CC1CC1. The second kappa shape index (κ2) is 7.02. The first-order chi connectivity index (χ1) is 9.44. The Morgan fingerprint density at radius 1 is 1.35 bits per heavy atom. The number of halogens is 3. The Morgan fingerprint density at radius 3 is 2.65 bits per heavy atom. The number of alkyl halides is 3. The summed E-state index contributed by atoms with van der Waals surface area (Å²) < 4.78 is 37.0. The summed E-state index contributed by atoms with van der Waals surface area (Å²) in [7, 11) is 0. The predicted octanol–water partition coefficient (Wildman–Crippen LogP) is 2.27. The summed E-state index contributed by atoms with van der Waals surface area (Å²) in [5, 5.41) is 3.26. The first-order valence-electron chi connectivity index (χ1n) is 7.10. The third kappa shape index (κ3) is 5.91. The van der Waals surface area contributed by atoms with Gasteiger partial charge in [0.1, 0.15) is 0 Å². The van der Waals surface area contributed by atoms with E-state index in [0.717, 1.165) is 30.9 Å². The van der Waals surface area contributed by atoms with Crippen LogP contribution in [0.15, 0.2) is 0 Å². The fourth-order valence-corrected chi connectivity index (χ4v) is 3.23. The standard InChI is InChI=1S/C13H21F3N2OS/c14-13(15,16)3-5-18(8-10-1-2-10)12(19)7-11-9-20-6-4-17-11/h10-11,17H,1-9H2. The van der Waals surface area contributed by atoms with Crippen molar-refractivity contribution in [3.05, 3.63) is 0 Å². The van der Waals surface area contributed by atoms with Gasteiger partial charge >= 0.3 is 6.18 Å². The third-order valence-electron chi connectivity index (χ3n) is 3.61. The first kappa shape index (κ1) is 15.9. The molecule has 1 heterocycles. The normalized spacial score (nSPS) is 23.6. The van der Waals surface area contributed by atoms with E-state index in [4.69, 9.17) is 0 Å². The van der Waals surface area contributed by atoms with Crippen LogP contribution in [0.2, 0.25) is 0 Å². The van der Waals surface area contributed by atoms with Crippen molar-refractivity contribution < 1.29 is 18.0 Å². The van der Waals surface area contributed by atoms with Crippen molar-refractivity contribution >= 4 is 17.7 Å². The zero-order chi connectivity index (χ0) is 14.6. The van der Waals surface area contributed by atoms with E-state index in [-0.39, 0.29) is 18.5 Å². The van der Waals surface area contributed by atoms with E-state index in [0.29, 0.717) is 18.9 Å². The fourth-order valence-electron chi connectivity index (χ4n) is 2.28. The lowest BCUT2D eigenvalue weighted by atomic mass is 10.2. The number of amides is 1. The summed E-state index contributed by atoms with van der Waals surface area (Å²) in [6, 6.07) is 0.105. The molecule has 1 saturated carbocycles. The van der Waals surface area contributed by atoms with Crippen LogP contribution in [0.25, 0.3) is 0 Å². The number of carbonyl (C=O) groups excluding carboxylic acids is 1. The van der Waals surface area contributed by atoms with Gasteiger partial charge in [-0.05, 0) is 18.8 Å². The molecule has 0 aromatic rings. The van der Waals surface area contributed by atoms with Crippen molar-refractivity contribution in [2.75, 3.05) is 31.1 Å². The highest BCUT2D eigenvalue weighted by molar-refractivity contribution is 7.99. The molecule has 0 spiro atoms. The molecule has 0 aromatic carbocycles. The number of nitrogens with zero attached hydrogens (tertiary/aromatic N) is 1. The molecule has 1 saturated heterocycles. The van der Waals surface area contributed by atoms with Gasteiger partial charge in [-0.15, -0.1) is 0 Å². The first-order valence-corrected chi connectivity index (χ1v) is 8.25. The van der Waals surface area contributed by atoms with Gasteiger partial charge in [0.2, 0.25) is 5.91 Å². The Labute approximate surface area is 121 Å². The number of nitrogens with one attached hydrogen (secondary N) is 1. The summed E-state index contributed by atoms with van der Waals surface area (Å²) in [5.74, 6) is 2.18. The molecule has 116 valence electrons. The monoisotopic (exact) mass is 310 g/mol. The fraction of sp³-hybridized carbons (Fsp3) is 0.923. The summed E-state index contributed by atoms with van der Waals surface area (Å²) in [5.41, 5.74) is 0. The number of hydrogen-bond acceptors (Lipinski definition) is 3. The molecule has 2 rings (SSSR count). The molecule has 1 aliphatic carbocycles. The summed E-state index contributed by atoms with van der Waals surface area (Å²) >= 11 is 1.79. The van der Waals surface area contributed by atoms with Gasteiger partial charge in [-0.3, -0.25) is 4.79 Å². The third-order valence-corrected chi connectivity index (χ3v) is 4.74. The average molecular weight is 310 g/mol. The van der Waals surface area contributed by atoms with E-state index in [1.165, 1.54) is 4.90 Å². The van der Waals surface area contributed by atoms with Crippen molar-refractivity contribution in [1.82, 2.24) is 10.2 Å². The maximum atomic E-state index is 12.3. The molecule has 2 aliphatic rings. The van der Waals surface area contributed by atoms with Gasteiger partial charge in [-0.2, -0.15) is 24.9 Å². The Bertz CT molecular complexity index is 328. The zero-order valence-corrected chi connectivity index (χ0v) is 12.2. The zero-order valence-electron chi connectivity index (χ0n) is 11.4. The van der Waals surface area contributed by atoms with Crippen LogP contribution in [0, 0.1) is 5.92 Å². The van der Waals surface area contributed by atoms with Crippen LogP contribution in [-0.2, 0) is 4.79 Å². The molecule has 1 N–H and O–H groups in total. The largest absolute Gasteiger partial charge is 0.390 e. The number of carbonyl (C=O) groups is 1. The van der Waals surface area contributed by atoms with Gasteiger partial charge in [-0.1, -0.05) is 0 Å².